The minimum absolute atomic E-state index is 0.334. The number of nitrogens with one attached hydrogen (secondary N) is 1. The molecule has 0 aromatic carbocycles. The lowest BCUT2D eigenvalue weighted by molar-refractivity contribution is 0.0853. The van der Waals surface area contributed by atoms with E-state index in [-0.39, 0.29) is 0 Å². The molecule has 112 valence electrons. The van der Waals surface area contributed by atoms with Crippen molar-refractivity contribution in [1.29, 1.82) is 0 Å². The molecule has 0 radical (unpaired) electrons. The Morgan fingerprint density at radius 1 is 1.45 bits per heavy atom. The lowest BCUT2D eigenvalue weighted by atomic mass is 10.0. The van der Waals surface area contributed by atoms with Gasteiger partial charge in [0.25, 0.3) is 0 Å². The van der Waals surface area contributed by atoms with Gasteiger partial charge in [0.15, 0.2) is 0 Å². The first-order valence-corrected chi connectivity index (χ1v) is 7.73. The number of nitrogens with zero attached hydrogens (tertiary/aromatic N) is 2. The van der Waals surface area contributed by atoms with Crippen molar-refractivity contribution in [1.82, 2.24) is 10.3 Å². The number of pyridine rings is 1. The summed E-state index contributed by atoms with van der Waals surface area (Å²) in [6.07, 6.45) is 5.21. The van der Waals surface area contributed by atoms with E-state index in [0.29, 0.717) is 12.1 Å². The molecule has 1 fully saturated rings. The van der Waals surface area contributed by atoms with Gasteiger partial charge in [-0.1, -0.05) is 13.0 Å². The zero-order valence-electron chi connectivity index (χ0n) is 12.9. The van der Waals surface area contributed by atoms with Crippen LogP contribution in [-0.2, 0) is 4.74 Å². The number of anilines is 1. The summed E-state index contributed by atoms with van der Waals surface area (Å²) in [4.78, 5) is 6.96. The Hall–Kier alpha value is -1.13. The zero-order chi connectivity index (χ0) is 14.4. The lowest BCUT2D eigenvalue weighted by Crippen LogP contribution is -2.38. The predicted octanol–water partition coefficient (Wildman–Crippen LogP) is 2.76. The third-order valence-corrected chi connectivity index (χ3v) is 4.06. The van der Waals surface area contributed by atoms with Crippen molar-refractivity contribution in [3.63, 3.8) is 0 Å². The van der Waals surface area contributed by atoms with E-state index in [2.05, 4.69) is 42.2 Å². The van der Waals surface area contributed by atoms with Gasteiger partial charge in [0, 0.05) is 44.1 Å². The zero-order valence-corrected chi connectivity index (χ0v) is 12.9. The average Bonchev–Trinajstić information content (AvgIpc) is 2.52. The standard InChI is InChI=1S/C16H27N3O/c1-4-9-17-13(2)15-6-5-10-18-16(15)19(3)14-7-11-20-12-8-14/h5-6,10,13-14,17H,4,7-9,11-12H2,1-3H3. The minimum Gasteiger partial charge on any atom is -0.381 e. The fourth-order valence-corrected chi connectivity index (χ4v) is 2.76. The number of hydrogen-bond acceptors (Lipinski definition) is 4. The van der Waals surface area contributed by atoms with Crippen molar-refractivity contribution < 1.29 is 4.74 Å². The molecule has 4 nitrogen and oxygen atoms in total. The molecule has 1 saturated heterocycles. The molecule has 1 N–H and O–H groups in total. The van der Waals surface area contributed by atoms with E-state index < -0.39 is 0 Å². The Kier molecular flexibility index (Phi) is 5.80. The van der Waals surface area contributed by atoms with Crippen LogP contribution in [0.25, 0.3) is 0 Å². The Balaban J connectivity index is 2.13. The molecule has 1 aromatic rings. The van der Waals surface area contributed by atoms with E-state index in [9.17, 15) is 0 Å². The van der Waals surface area contributed by atoms with Crippen LogP contribution in [0, 0.1) is 0 Å². The van der Waals surface area contributed by atoms with E-state index in [4.69, 9.17) is 4.74 Å². The van der Waals surface area contributed by atoms with Crippen molar-refractivity contribution in [3.05, 3.63) is 23.9 Å². The first-order valence-electron chi connectivity index (χ1n) is 7.73. The van der Waals surface area contributed by atoms with Crippen molar-refractivity contribution >= 4 is 5.82 Å². The summed E-state index contributed by atoms with van der Waals surface area (Å²) < 4.78 is 5.46. The fraction of sp³-hybridized carbons (Fsp3) is 0.688. The van der Waals surface area contributed by atoms with Gasteiger partial charge in [-0.25, -0.2) is 4.98 Å². The molecule has 0 bridgehead atoms. The van der Waals surface area contributed by atoms with Crippen molar-refractivity contribution in [2.24, 2.45) is 0 Å². The number of hydrogen-bond donors (Lipinski definition) is 1. The highest BCUT2D eigenvalue weighted by Crippen LogP contribution is 2.26. The van der Waals surface area contributed by atoms with Gasteiger partial charge in [0.05, 0.1) is 0 Å². The molecule has 0 amide bonds. The van der Waals surface area contributed by atoms with E-state index in [0.717, 1.165) is 44.8 Å². The van der Waals surface area contributed by atoms with E-state index in [1.165, 1.54) is 5.56 Å². The molecular formula is C16H27N3O. The third kappa shape index (κ3) is 3.70. The van der Waals surface area contributed by atoms with Crippen LogP contribution < -0.4 is 10.2 Å². The van der Waals surface area contributed by atoms with Gasteiger partial charge in [-0.15, -0.1) is 0 Å². The van der Waals surface area contributed by atoms with Gasteiger partial charge >= 0.3 is 0 Å². The molecule has 4 heteroatoms. The quantitative estimate of drug-likeness (QED) is 0.867. The number of aromatic nitrogens is 1. The van der Waals surface area contributed by atoms with E-state index in [1.54, 1.807) is 0 Å². The summed E-state index contributed by atoms with van der Waals surface area (Å²) in [6, 6.07) is 5.09. The monoisotopic (exact) mass is 277 g/mol. The SMILES string of the molecule is CCCNC(C)c1cccnc1N(C)C1CCOCC1. The molecule has 0 saturated carbocycles. The maximum atomic E-state index is 5.46. The third-order valence-electron chi connectivity index (χ3n) is 4.06. The van der Waals surface area contributed by atoms with Crippen LogP contribution >= 0.6 is 0 Å². The Morgan fingerprint density at radius 3 is 2.90 bits per heavy atom. The maximum absolute atomic E-state index is 5.46. The lowest BCUT2D eigenvalue weighted by Gasteiger charge is -2.34. The molecule has 0 aliphatic carbocycles. The van der Waals surface area contributed by atoms with Crippen LogP contribution in [0.1, 0.15) is 44.7 Å². The summed E-state index contributed by atoms with van der Waals surface area (Å²) in [6.45, 7) is 7.17. The molecule has 2 rings (SSSR count). The predicted molar refractivity (Wildman–Crippen MR) is 83.2 cm³/mol. The molecule has 1 atom stereocenters. The summed E-state index contributed by atoms with van der Waals surface area (Å²) in [5, 5.41) is 3.56. The normalized spacial score (nSPS) is 17.9. The molecule has 20 heavy (non-hydrogen) atoms. The van der Waals surface area contributed by atoms with Crippen LogP contribution in [0.3, 0.4) is 0 Å². The second kappa shape index (κ2) is 7.60. The highest BCUT2D eigenvalue weighted by Gasteiger charge is 2.22. The van der Waals surface area contributed by atoms with Crippen LogP contribution in [0.2, 0.25) is 0 Å². The summed E-state index contributed by atoms with van der Waals surface area (Å²) in [5.41, 5.74) is 1.29. The molecule has 2 heterocycles. The second-order valence-electron chi connectivity index (χ2n) is 5.55. The molecule has 1 aliphatic heterocycles. The first kappa shape index (κ1) is 15.3. The van der Waals surface area contributed by atoms with Gasteiger partial charge in [-0.05, 0) is 38.8 Å². The van der Waals surface area contributed by atoms with Crippen LogP contribution in [0.4, 0.5) is 5.82 Å². The Morgan fingerprint density at radius 2 is 2.20 bits per heavy atom. The molecule has 0 spiro atoms. The highest BCUT2D eigenvalue weighted by atomic mass is 16.5. The maximum Gasteiger partial charge on any atom is 0.133 e. The summed E-state index contributed by atoms with van der Waals surface area (Å²) in [7, 11) is 2.16. The summed E-state index contributed by atoms with van der Waals surface area (Å²) >= 11 is 0. The van der Waals surface area contributed by atoms with Gasteiger partial charge in [0.2, 0.25) is 0 Å². The average molecular weight is 277 g/mol. The van der Waals surface area contributed by atoms with Gasteiger partial charge < -0.3 is 15.0 Å². The largest absolute Gasteiger partial charge is 0.381 e. The Labute approximate surface area is 122 Å². The van der Waals surface area contributed by atoms with Crippen molar-refractivity contribution in [2.75, 3.05) is 31.7 Å². The van der Waals surface area contributed by atoms with Gasteiger partial charge in [-0.2, -0.15) is 0 Å². The smallest absolute Gasteiger partial charge is 0.133 e. The van der Waals surface area contributed by atoms with E-state index >= 15 is 0 Å². The van der Waals surface area contributed by atoms with Gasteiger partial charge in [0.1, 0.15) is 5.82 Å². The summed E-state index contributed by atoms with van der Waals surface area (Å²) in [5.74, 6) is 1.11. The van der Waals surface area contributed by atoms with Crippen LogP contribution in [0.5, 0.6) is 0 Å². The molecule has 1 unspecified atom stereocenters. The second-order valence-corrected chi connectivity index (χ2v) is 5.55. The van der Waals surface area contributed by atoms with Crippen molar-refractivity contribution in [2.45, 2.75) is 45.2 Å². The van der Waals surface area contributed by atoms with Crippen LogP contribution in [-0.4, -0.2) is 37.8 Å². The highest BCUT2D eigenvalue weighted by molar-refractivity contribution is 5.48. The van der Waals surface area contributed by atoms with E-state index in [1.807, 2.05) is 12.3 Å². The topological polar surface area (TPSA) is 37.4 Å². The van der Waals surface area contributed by atoms with Gasteiger partial charge in [-0.3, -0.25) is 0 Å². The Bertz CT molecular complexity index is 404. The molecule has 1 aromatic heterocycles. The van der Waals surface area contributed by atoms with Crippen LogP contribution in [0.15, 0.2) is 18.3 Å². The minimum atomic E-state index is 0.334. The van der Waals surface area contributed by atoms with Crippen molar-refractivity contribution in [3.8, 4) is 0 Å². The molecule has 1 aliphatic rings. The molecular weight excluding hydrogens is 250 g/mol. The number of ether oxygens (including phenoxy) is 1. The first-order chi connectivity index (χ1) is 9.74. The number of rotatable bonds is 6. The fourth-order valence-electron chi connectivity index (χ4n) is 2.76.